The van der Waals surface area contributed by atoms with Gasteiger partial charge in [-0.3, -0.25) is 14.4 Å². The van der Waals surface area contributed by atoms with Gasteiger partial charge in [0.25, 0.3) is 0 Å². The van der Waals surface area contributed by atoms with Crippen LogP contribution in [0.4, 0.5) is 0 Å². The fourth-order valence-corrected chi connectivity index (χ4v) is 1.35. The van der Waals surface area contributed by atoms with Crippen molar-refractivity contribution < 1.29 is 19.5 Å². The minimum absolute atomic E-state index is 0.0203. The molecule has 0 aliphatic rings. The fourth-order valence-electron chi connectivity index (χ4n) is 1.35. The predicted molar refractivity (Wildman–Crippen MR) is 62.4 cm³/mol. The third-order valence-electron chi connectivity index (χ3n) is 2.35. The molecular weight excluding hydrogens is 224 g/mol. The Morgan fingerprint density at radius 2 is 1.71 bits per heavy atom. The number of amides is 2. The van der Waals surface area contributed by atoms with Gasteiger partial charge in [0.2, 0.25) is 11.8 Å². The molecule has 0 aromatic carbocycles. The van der Waals surface area contributed by atoms with Gasteiger partial charge in [-0.2, -0.15) is 0 Å². The number of likely N-dealkylation sites (N-methyl/N-ethyl adjacent to an activating group) is 1. The molecule has 0 saturated carbocycles. The van der Waals surface area contributed by atoms with E-state index in [0.29, 0.717) is 19.5 Å². The highest BCUT2D eigenvalue weighted by Gasteiger charge is 2.10. The molecule has 0 heterocycles. The Morgan fingerprint density at radius 1 is 1.12 bits per heavy atom. The van der Waals surface area contributed by atoms with Crippen LogP contribution in [0.25, 0.3) is 0 Å². The van der Waals surface area contributed by atoms with E-state index < -0.39 is 5.97 Å². The molecule has 0 fully saturated rings. The van der Waals surface area contributed by atoms with Gasteiger partial charge in [-0.15, -0.1) is 0 Å². The lowest BCUT2D eigenvalue weighted by Crippen LogP contribution is -2.39. The first-order chi connectivity index (χ1) is 8.01. The van der Waals surface area contributed by atoms with Crippen LogP contribution in [-0.2, 0) is 14.4 Å². The summed E-state index contributed by atoms with van der Waals surface area (Å²) in [5, 5.41) is 10.9. The molecule has 0 radical (unpaired) electrons. The predicted octanol–water partition coefficient (Wildman–Crippen LogP) is 0.226. The van der Waals surface area contributed by atoms with Crippen LogP contribution in [0.3, 0.4) is 0 Å². The molecule has 6 nitrogen and oxygen atoms in total. The maximum Gasteiger partial charge on any atom is 0.303 e. The van der Waals surface area contributed by atoms with Crippen molar-refractivity contribution in [2.24, 2.45) is 0 Å². The third-order valence-corrected chi connectivity index (χ3v) is 2.35. The minimum Gasteiger partial charge on any atom is -0.481 e. The molecule has 0 aromatic heterocycles. The quantitative estimate of drug-likeness (QED) is 0.639. The number of hydrogen-bond donors (Lipinski definition) is 2. The Balaban J connectivity index is 3.76. The second kappa shape index (κ2) is 8.55. The van der Waals surface area contributed by atoms with Gasteiger partial charge in [0.15, 0.2) is 0 Å². The molecule has 0 aliphatic carbocycles. The molecular formula is C11H20N2O4. The first kappa shape index (κ1) is 15.4. The molecule has 0 rings (SSSR count). The van der Waals surface area contributed by atoms with E-state index in [1.165, 1.54) is 0 Å². The molecule has 0 atom stereocenters. The van der Waals surface area contributed by atoms with Gasteiger partial charge in [0.1, 0.15) is 0 Å². The van der Waals surface area contributed by atoms with Crippen LogP contribution in [0, 0.1) is 0 Å². The molecule has 0 aliphatic heterocycles. The van der Waals surface area contributed by atoms with Gasteiger partial charge in [-0.05, 0) is 20.3 Å². The van der Waals surface area contributed by atoms with E-state index in [0.717, 1.165) is 0 Å². The van der Waals surface area contributed by atoms with Gasteiger partial charge in [-0.25, -0.2) is 0 Å². The van der Waals surface area contributed by atoms with Crippen LogP contribution in [0.1, 0.15) is 33.1 Å². The van der Waals surface area contributed by atoms with Crippen molar-refractivity contribution in [1.29, 1.82) is 0 Å². The van der Waals surface area contributed by atoms with Crippen molar-refractivity contribution in [2.45, 2.75) is 33.1 Å². The molecule has 0 bridgehead atoms. The van der Waals surface area contributed by atoms with E-state index in [4.69, 9.17) is 5.11 Å². The van der Waals surface area contributed by atoms with Crippen molar-refractivity contribution in [2.75, 3.05) is 19.6 Å². The lowest BCUT2D eigenvalue weighted by atomic mass is 10.2. The Morgan fingerprint density at radius 3 is 2.18 bits per heavy atom. The number of nitrogens with one attached hydrogen (secondary N) is 1. The Bertz CT molecular complexity index is 275. The summed E-state index contributed by atoms with van der Waals surface area (Å²) in [6.45, 7) is 4.95. The third kappa shape index (κ3) is 7.32. The molecule has 2 N–H and O–H groups in total. The smallest absolute Gasteiger partial charge is 0.303 e. The van der Waals surface area contributed by atoms with Crippen LogP contribution >= 0.6 is 0 Å². The molecule has 17 heavy (non-hydrogen) atoms. The van der Waals surface area contributed by atoms with Crippen LogP contribution < -0.4 is 5.32 Å². The monoisotopic (exact) mass is 244 g/mol. The Labute approximate surface area is 101 Å². The first-order valence-electron chi connectivity index (χ1n) is 5.77. The summed E-state index contributed by atoms with van der Waals surface area (Å²) in [5.74, 6) is -1.33. The topological polar surface area (TPSA) is 86.7 Å². The van der Waals surface area contributed by atoms with Crippen molar-refractivity contribution in [3.63, 3.8) is 0 Å². The summed E-state index contributed by atoms with van der Waals surface area (Å²) in [6.07, 6.45) is 0.399. The average molecular weight is 244 g/mol. The molecule has 0 aromatic rings. The average Bonchev–Trinajstić information content (AvgIpc) is 2.27. The zero-order chi connectivity index (χ0) is 13.3. The number of carbonyl (C=O) groups excluding carboxylic acids is 2. The number of carboxylic acids is 1. The van der Waals surface area contributed by atoms with Crippen LogP contribution in [-0.4, -0.2) is 47.4 Å². The minimum atomic E-state index is -0.919. The van der Waals surface area contributed by atoms with Gasteiger partial charge >= 0.3 is 5.97 Å². The van der Waals surface area contributed by atoms with Gasteiger partial charge in [0, 0.05) is 25.9 Å². The summed E-state index contributed by atoms with van der Waals surface area (Å²) in [4.78, 5) is 34.6. The maximum absolute atomic E-state index is 11.5. The largest absolute Gasteiger partial charge is 0.481 e. The van der Waals surface area contributed by atoms with Crippen molar-refractivity contribution in [3.8, 4) is 0 Å². The molecule has 98 valence electrons. The highest BCUT2D eigenvalue weighted by molar-refractivity contribution is 5.84. The van der Waals surface area contributed by atoms with Gasteiger partial charge in [0.05, 0.1) is 6.54 Å². The van der Waals surface area contributed by atoms with E-state index in [2.05, 4.69) is 5.32 Å². The maximum atomic E-state index is 11.5. The summed E-state index contributed by atoms with van der Waals surface area (Å²) < 4.78 is 0. The van der Waals surface area contributed by atoms with Crippen LogP contribution in [0.2, 0.25) is 0 Å². The SMILES string of the molecule is CCN(CC)C(=O)CNC(=O)CCCC(=O)O. The standard InChI is InChI=1S/C11H20N2O4/c1-3-13(4-2)10(15)8-12-9(14)6-5-7-11(16)17/h3-8H2,1-2H3,(H,12,14)(H,16,17). The summed E-state index contributed by atoms with van der Waals surface area (Å²) in [7, 11) is 0. The molecule has 0 spiro atoms. The lowest BCUT2D eigenvalue weighted by Gasteiger charge is -2.18. The number of carbonyl (C=O) groups is 3. The number of aliphatic carboxylic acids is 1. The number of hydrogen-bond acceptors (Lipinski definition) is 3. The normalized spacial score (nSPS) is 9.76. The van der Waals surface area contributed by atoms with Crippen molar-refractivity contribution >= 4 is 17.8 Å². The second-order valence-corrected chi connectivity index (χ2v) is 3.59. The number of nitrogens with zero attached hydrogens (tertiary/aromatic N) is 1. The van der Waals surface area contributed by atoms with Gasteiger partial charge in [-0.1, -0.05) is 0 Å². The summed E-state index contributed by atoms with van der Waals surface area (Å²) >= 11 is 0. The van der Waals surface area contributed by atoms with E-state index in [1.54, 1.807) is 4.90 Å². The highest BCUT2D eigenvalue weighted by Crippen LogP contribution is 1.95. The zero-order valence-electron chi connectivity index (χ0n) is 10.4. The first-order valence-corrected chi connectivity index (χ1v) is 5.77. The molecule has 0 saturated heterocycles. The lowest BCUT2D eigenvalue weighted by molar-refractivity contribution is -0.137. The van der Waals surface area contributed by atoms with Crippen molar-refractivity contribution in [1.82, 2.24) is 10.2 Å². The fraction of sp³-hybridized carbons (Fsp3) is 0.727. The number of carboxylic acid groups (broad SMARTS) is 1. The van der Waals surface area contributed by atoms with E-state index >= 15 is 0 Å². The van der Waals surface area contributed by atoms with E-state index in [1.807, 2.05) is 13.8 Å². The van der Waals surface area contributed by atoms with Crippen LogP contribution in [0.15, 0.2) is 0 Å². The molecule has 6 heteroatoms. The summed E-state index contributed by atoms with van der Waals surface area (Å²) in [6, 6.07) is 0. The Hall–Kier alpha value is -1.59. The molecule has 0 unspecified atom stereocenters. The van der Waals surface area contributed by atoms with Gasteiger partial charge < -0.3 is 15.3 Å². The summed E-state index contributed by atoms with van der Waals surface area (Å²) in [5.41, 5.74) is 0. The highest BCUT2D eigenvalue weighted by atomic mass is 16.4. The number of rotatable bonds is 8. The zero-order valence-corrected chi connectivity index (χ0v) is 10.4. The van der Waals surface area contributed by atoms with E-state index in [9.17, 15) is 14.4 Å². The Kier molecular flexibility index (Phi) is 7.75. The van der Waals surface area contributed by atoms with Crippen molar-refractivity contribution in [3.05, 3.63) is 0 Å². The molecule has 2 amide bonds. The second-order valence-electron chi connectivity index (χ2n) is 3.59. The van der Waals surface area contributed by atoms with Crippen LogP contribution in [0.5, 0.6) is 0 Å². The van der Waals surface area contributed by atoms with E-state index in [-0.39, 0.29) is 31.2 Å².